The zero-order valence-electron chi connectivity index (χ0n) is 21.8. The third-order valence-electron chi connectivity index (χ3n) is 6.10. The first kappa shape index (κ1) is 36.2. The molecule has 0 spiro atoms. The molecule has 0 atom stereocenters. The van der Waals surface area contributed by atoms with E-state index in [4.69, 9.17) is 5.14 Å². The number of rotatable bonds is 11. The molecule has 1 aliphatic heterocycles. The van der Waals surface area contributed by atoms with Crippen LogP contribution in [0.4, 0.5) is 0 Å². The summed E-state index contributed by atoms with van der Waals surface area (Å²) in [6, 6.07) is 5.71. The van der Waals surface area contributed by atoms with Crippen molar-refractivity contribution in [2.75, 3.05) is 78.5 Å². The number of carbonyl (C=O) groups is 4. The number of nitrogens with one attached hydrogen (secondary N) is 1. The van der Waals surface area contributed by atoms with E-state index in [0.717, 1.165) is 0 Å². The third-order valence-corrected chi connectivity index (χ3v) is 7.03. The van der Waals surface area contributed by atoms with Crippen molar-refractivity contribution in [3.05, 3.63) is 29.8 Å². The molecule has 0 aliphatic carbocycles. The number of primary sulfonamides is 1. The van der Waals surface area contributed by atoms with E-state index in [9.17, 15) is 42.9 Å². The summed E-state index contributed by atoms with van der Waals surface area (Å²) in [4.78, 5) is 52.7. The fourth-order valence-corrected chi connectivity index (χ4v) is 4.53. The number of carboxylic acid groups (broad SMARTS) is 3. The maximum Gasteiger partial charge on any atom is 3.00 e. The fraction of sp³-hybridized carbons (Fsp3) is 0.565. The first-order valence-electron chi connectivity index (χ1n) is 12.2. The normalized spacial score (nSPS) is 17.1. The minimum atomic E-state index is -3.83. The molecule has 0 saturated carbocycles. The number of sulfonamides is 1. The SMILES string of the molecule is NS(=O)(=O)c1ccc(CNC(=O)CN2CCN(CC(=O)[O-])CCN(CC(=O)[O-])CCN(CC(=O)[O-])CC2)cc1.[Gd+3]. The van der Waals surface area contributed by atoms with E-state index in [0.29, 0.717) is 5.56 Å². The molecule has 17 heteroatoms. The third kappa shape index (κ3) is 14.7. The van der Waals surface area contributed by atoms with E-state index < -0.39 is 34.5 Å². The van der Waals surface area contributed by atoms with Crippen LogP contribution in [0.3, 0.4) is 0 Å². The maximum atomic E-state index is 12.7. The van der Waals surface area contributed by atoms with Gasteiger partial charge in [-0.15, -0.1) is 0 Å². The number of hydrogen-bond donors (Lipinski definition) is 2. The minimum absolute atomic E-state index is 0. The molecule has 0 unspecified atom stereocenters. The first-order valence-corrected chi connectivity index (χ1v) is 13.7. The van der Waals surface area contributed by atoms with E-state index >= 15 is 0 Å². The van der Waals surface area contributed by atoms with Gasteiger partial charge in [0.2, 0.25) is 15.9 Å². The Bertz CT molecular complexity index is 1070. The molecule has 1 aromatic rings. The molecule has 3 N–H and O–H groups in total. The average molecular weight is 727 g/mol. The molecule has 1 amide bonds. The van der Waals surface area contributed by atoms with Crippen LogP contribution in [0.15, 0.2) is 29.2 Å². The summed E-state index contributed by atoms with van der Waals surface area (Å²) in [6.45, 7) is 0.704. The van der Waals surface area contributed by atoms with Crippen molar-refractivity contribution < 1.29 is 82.9 Å². The zero-order chi connectivity index (χ0) is 29.0. The molecular weight excluding hydrogens is 694 g/mol. The standard InChI is InChI=1S/C23H36N6O9S.Gd/c24-39(37,38)19-3-1-18(2-4-19)13-25-20(30)14-26-5-7-27(15-21(31)32)9-11-29(17-23(35)36)12-10-28(8-6-26)16-22(33)34;/h1-4H,5-17H2,(H,25,30)(H,31,32)(H,33,34)(H,35,36)(H2,24,37,38);/q;+3/p-3. The molecule has 1 aromatic carbocycles. The Morgan fingerprint density at radius 1 is 0.675 bits per heavy atom. The molecular formula is C23H33GdN6O9S. The number of carboxylic acids is 3. The van der Waals surface area contributed by atoms with Gasteiger partial charge in [-0.25, -0.2) is 13.6 Å². The second kappa shape index (κ2) is 17.9. The second-order valence-electron chi connectivity index (χ2n) is 9.19. The van der Waals surface area contributed by atoms with Crippen molar-refractivity contribution in [3.63, 3.8) is 0 Å². The van der Waals surface area contributed by atoms with Gasteiger partial charge in [0.1, 0.15) is 0 Å². The van der Waals surface area contributed by atoms with E-state index in [1.165, 1.54) is 24.3 Å². The van der Waals surface area contributed by atoms with Crippen molar-refractivity contribution >= 4 is 33.8 Å². The van der Waals surface area contributed by atoms with Crippen LogP contribution in [-0.2, 0) is 35.7 Å². The van der Waals surface area contributed by atoms with Crippen LogP contribution in [0, 0.1) is 39.9 Å². The topological polar surface area (TPSA) is 223 Å². The van der Waals surface area contributed by atoms with Crippen LogP contribution < -0.4 is 25.8 Å². The largest absolute Gasteiger partial charge is 3.00 e. The van der Waals surface area contributed by atoms with Crippen LogP contribution in [-0.4, -0.2) is 130 Å². The quantitative estimate of drug-likeness (QED) is 0.217. The first-order chi connectivity index (χ1) is 18.3. The van der Waals surface area contributed by atoms with Gasteiger partial charge in [-0.3, -0.25) is 24.4 Å². The van der Waals surface area contributed by atoms with Gasteiger partial charge in [-0.2, -0.15) is 0 Å². The maximum absolute atomic E-state index is 12.7. The van der Waals surface area contributed by atoms with Gasteiger partial charge in [-0.05, 0) is 17.7 Å². The number of benzene rings is 1. The Hall–Kier alpha value is -1.83. The summed E-state index contributed by atoms with van der Waals surface area (Å²) in [6.07, 6.45) is 0. The zero-order valence-corrected chi connectivity index (χ0v) is 24.9. The summed E-state index contributed by atoms with van der Waals surface area (Å²) in [5.41, 5.74) is 0.644. The van der Waals surface area contributed by atoms with Gasteiger partial charge in [0, 0.05) is 78.5 Å². The number of nitrogens with zero attached hydrogens (tertiary/aromatic N) is 4. The minimum Gasteiger partial charge on any atom is -0.549 e. The number of amides is 1. The van der Waals surface area contributed by atoms with Gasteiger partial charge in [0.15, 0.2) is 0 Å². The Balaban J connectivity index is 0.00000800. The van der Waals surface area contributed by atoms with E-state index in [1.807, 2.05) is 0 Å². The molecule has 0 aromatic heterocycles. The van der Waals surface area contributed by atoms with Gasteiger partial charge in [0.05, 0.1) is 29.3 Å². The van der Waals surface area contributed by atoms with Crippen LogP contribution in [0.1, 0.15) is 5.56 Å². The predicted molar refractivity (Wildman–Crippen MR) is 130 cm³/mol. The van der Waals surface area contributed by atoms with Crippen LogP contribution in [0.5, 0.6) is 0 Å². The van der Waals surface area contributed by atoms with Crippen molar-refractivity contribution in [1.82, 2.24) is 24.9 Å². The molecule has 223 valence electrons. The van der Waals surface area contributed by atoms with Gasteiger partial charge < -0.3 is 35.0 Å². The molecule has 0 bridgehead atoms. The fourth-order valence-electron chi connectivity index (χ4n) is 4.02. The molecule has 2 rings (SSSR count). The average Bonchev–Trinajstić information content (AvgIpc) is 2.83. The van der Waals surface area contributed by atoms with Crippen molar-refractivity contribution in [2.45, 2.75) is 11.4 Å². The molecule has 1 fully saturated rings. The van der Waals surface area contributed by atoms with Gasteiger partial charge in [-0.1, -0.05) is 12.1 Å². The van der Waals surface area contributed by atoms with Crippen molar-refractivity contribution in [3.8, 4) is 0 Å². The van der Waals surface area contributed by atoms with E-state index in [-0.39, 0.29) is 129 Å². The summed E-state index contributed by atoms with van der Waals surface area (Å²) < 4.78 is 22.8. The summed E-state index contributed by atoms with van der Waals surface area (Å²) >= 11 is 0. The van der Waals surface area contributed by atoms with Crippen LogP contribution >= 0.6 is 0 Å². The number of carbonyl (C=O) groups excluding carboxylic acids is 4. The van der Waals surface area contributed by atoms with Gasteiger partial charge in [0.25, 0.3) is 0 Å². The summed E-state index contributed by atoms with van der Waals surface area (Å²) in [7, 11) is -3.83. The molecule has 40 heavy (non-hydrogen) atoms. The van der Waals surface area contributed by atoms with Crippen LogP contribution in [0.2, 0.25) is 0 Å². The smallest absolute Gasteiger partial charge is 0.549 e. The number of hydrogen-bond acceptors (Lipinski definition) is 13. The van der Waals surface area contributed by atoms with Crippen LogP contribution in [0.25, 0.3) is 0 Å². The van der Waals surface area contributed by atoms with Crippen molar-refractivity contribution in [1.29, 1.82) is 0 Å². The monoisotopic (exact) mass is 727 g/mol. The summed E-state index contributed by atoms with van der Waals surface area (Å²) in [5, 5.41) is 41.5. The Morgan fingerprint density at radius 2 is 1.00 bits per heavy atom. The molecule has 1 heterocycles. The Kier molecular flexibility index (Phi) is 16.2. The number of aliphatic carboxylic acids is 3. The molecule has 15 nitrogen and oxygen atoms in total. The Morgan fingerprint density at radius 3 is 1.30 bits per heavy atom. The Labute approximate surface area is 265 Å². The predicted octanol–water partition coefficient (Wildman–Crippen LogP) is -6.58. The van der Waals surface area contributed by atoms with E-state index in [1.54, 1.807) is 19.6 Å². The second-order valence-corrected chi connectivity index (χ2v) is 10.7. The number of nitrogens with two attached hydrogens (primary N) is 1. The van der Waals surface area contributed by atoms with Crippen molar-refractivity contribution in [2.24, 2.45) is 5.14 Å². The summed E-state index contributed by atoms with van der Waals surface area (Å²) in [5.74, 6) is -4.26. The van der Waals surface area contributed by atoms with E-state index in [2.05, 4.69) is 5.32 Å². The molecule has 1 aliphatic rings. The molecule has 1 saturated heterocycles. The molecule has 1 radical (unpaired) electrons. The van der Waals surface area contributed by atoms with Gasteiger partial charge >= 0.3 is 39.9 Å².